The monoisotopic (exact) mass is 282 g/mol. The Bertz CT molecular complexity index is 789. The smallest absolute Gasteiger partial charge is 0.156 e. The van der Waals surface area contributed by atoms with Crippen molar-refractivity contribution in [1.29, 1.82) is 0 Å². The normalized spacial score (nSPS) is 15.8. The predicted molar refractivity (Wildman–Crippen MR) is 84.0 cm³/mol. The molecule has 0 amide bonds. The molecule has 1 aliphatic rings. The fraction of sp³-hybridized carbons (Fsp3) is 0.375. The second kappa shape index (κ2) is 4.91. The van der Waals surface area contributed by atoms with Crippen molar-refractivity contribution in [2.24, 2.45) is 0 Å². The number of ether oxygens (including phenoxy) is 1. The highest BCUT2D eigenvalue weighted by Crippen LogP contribution is 2.32. The Balaban J connectivity index is 1.92. The minimum atomic E-state index is 0.849. The van der Waals surface area contributed by atoms with Crippen LogP contribution in [0.5, 0.6) is 5.75 Å². The van der Waals surface area contributed by atoms with Gasteiger partial charge in [0.2, 0.25) is 0 Å². The van der Waals surface area contributed by atoms with Gasteiger partial charge >= 0.3 is 0 Å². The molecule has 0 unspecified atom stereocenters. The number of nitrogens with zero attached hydrogens (tertiary/aromatic N) is 3. The Morgan fingerprint density at radius 2 is 2.00 bits per heavy atom. The maximum Gasteiger partial charge on any atom is 0.156 e. The average molecular weight is 282 g/mol. The Morgan fingerprint density at radius 1 is 1.14 bits per heavy atom. The Hall–Kier alpha value is -2.30. The first kappa shape index (κ1) is 12.4. The molecule has 2 aromatic heterocycles. The van der Waals surface area contributed by atoms with Gasteiger partial charge in [0.15, 0.2) is 5.82 Å². The Labute approximate surface area is 123 Å². The van der Waals surface area contributed by atoms with E-state index in [0.717, 1.165) is 46.6 Å². The molecule has 1 fully saturated rings. The van der Waals surface area contributed by atoms with Crippen molar-refractivity contribution in [3.05, 3.63) is 24.5 Å². The van der Waals surface area contributed by atoms with Crippen LogP contribution in [-0.4, -0.2) is 35.2 Å². The van der Waals surface area contributed by atoms with Crippen LogP contribution in [0.1, 0.15) is 19.3 Å². The van der Waals surface area contributed by atoms with E-state index in [2.05, 4.69) is 19.9 Å². The molecule has 0 saturated carbocycles. The number of hydrogen-bond donors (Lipinski definition) is 1. The number of nitrogens with one attached hydrogen (secondary N) is 1. The fourth-order valence-corrected chi connectivity index (χ4v) is 3.13. The van der Waals surface area contributed by atoms with Gasteiger partial charge in [-0.1, -0.05) is 0 Å². The summed E-state index contributed by atoms with van der Waals surface area (Å²) in [4.78, 5) is 14.8. The summed E-state index contributed by atoms with van der Waals surface area (Å²) in [7, 11) is 1.68. The largest absolute Gasteiger partial charge is 0.497 e. The third kappa shape index (κ3) is 2.00. The van der Waals surface area contributed by atoms with Crippen molar-refractivity contribution in [2.45, 2.75) is 19.3 Å². The lowest BCUT2D eigenvalue weighted by Gasteiger charge is -2.27. The van der Waals surface area contributed by atoms with Crippen molar-refractivity contribution in [1.82, 2.24) is 15.0 Å². The molecule has 5 nitrogen and oxygen atoms in total. The zero-order valence-corrected chi connectivity index (χ0v) is 12.1. The molecular weight excluding hydrogens is 264 g/mol. The second-order valence-corrected chi connectivity index (χ2v) is 5.51. The zero-order valence-electron chi connectivity index (χ0n) is 12.1. The summed E-state index contributed by atoms with van der Waals surface area (Å²) >= 11 is 0. The third-order valence-electron chi connectivity index (χ3n) is 4.22. The van der Waals surface area contributed by atoms with Crippen molar-refractivity contribution < 1.29 is 4.74 Å². The Morgan fingerprint density at radius 3 is 2.81 bits per heavy atom. The van der Waals surface area contributed by atoms with Gasteiger partial charge in [-0.3, -0.25) is 0 Å². The minimum absolute atomic E-state index is 0.849. The molecule has 0 radical (unpaired) electrons. The molecule has 108 valence electrons. The third-order valence-corrected chi connectivity index (χ3v) is 4.22. The van der Waals surface area contributed by atoms with E-state index in [4.69, 9.17) is 4.74 Å². The summed E-state index contributed by atoms with van der Waals surface area (Å²) in [6.07, 6.45) is 5.45. The van der Waals surface area contributed by atoms with E-state index in [-0.39, 0.29) is 0 Å². The highest BCUT2D eigenvalue weighted by molar-refractivity contribution is 6.08. The van der Waals surface area contributed by atoms with Gasteiger partial charge < -0.3 is 14.6 Å². The highest BCUT2D eigenvalue weighted by atomic mass is 16.5. The van der Waals surface area contributed by atoms with Crippen molar-refractivity contribution in [3.8, 4) is 5.75 Å². The fourth-order valence-electron chi connectivity index (χ4n) is 3.13. The van der Waals surface area contributed by atoms with Crippen LogP contribution in [0, 0.1) is 0 Å². The number of hydrogen-bond acceptors (Lipinski definition) is 4. The van der Waals surface area contributed by atoms with Gasteiger partial charge in [0.25, 0.3) is 0 Å². The second-order valence-electron chi connectivity index (χ2n) is 5.51. The van der Waals surface area contributed by atoms with Gasteiger partial charge in [-0.05, 0) is 37.5 Å². The molecule has 3 aromatic rings. The highest BCUT2D eigenvalue weighted by Gasteiger charge is 2.18. The first-order valence-electron chi connectivity index (χ1n) is 7.42. The summed E-state index contributed by atoms with van der Waals surface area (Å²) < 4.78 is 5.32. The number of aromatic amines is 1. The zero-order chi connectivity index (χ0) is 14.2. The number of anilines is 1. The van der Waals surface area contributed by atoms with Crippen LogP contribution in [0.2, 0.25) is 0 Å². The van der Waals surface area contributed by atoms with E-state index in [1.165, 1.54) is 19.3 Å². The number of aromatic nitrogens is 3. The standard InChI is InChI=1S/C16H18N4O/c1-21-11-5-6-13-12(9-11)14-15(19-13)16(18-10-17-14)20-7-3-2-4-8-20/h5-6,9-10,19H,2-4,7-8H2,1H3. The number of rotatable bonds is 2. The molecule has 0 aliphatic carbocycles. The molecule has 0 bridgehead atoms. The lowest BCUT2D eigenvalue weighted by atomic mass is 10.1. The Kier molecular flexibility index (Phi) is 2.91. The molecule has 1 aromatic carbocycles. The van der Waals surface area contributed by atoms with Crippen LogP contribution in [0.3, 0.4) is 0 Å². The van der Waals surface area contributed by atoms with Crippen LogP contribution in [0.25, 0.3) is 21.9 Å². The minimum Gasteiger partial charge on any atom is -0.497 e. The van der Waals surface area contributed by atoms with Crippen LogP contribution >= 0.6 is 0 Å². The van der Waals surface area contributed by atoms with Crippen LogP contribution in [0.4, 0.5) is 5.82 Å². The summed E-state index contributed by atoms with van der Waals surface area (Å²) in [6, 6.07) is 6.03. The SMILES string of the molecule is COc1ccc2[nH]c3c(N4CCCCC4)ncnc3c2c1. The lowest BCUT2D eigenvalue weighted by molar-refractivity contribution is 0.415. The van der Waals surface area contributed by atoms with E-state index < -0.39 is 0 Å². The molecule has 0 atom stereocenters. The number of fused-ring (bicyclic) bond motifs is 3. The van der Waals surface area contributed by atoms with E-state index >= 15 is 0 Å². The average Bonchev–Trinajstić information content (AvgIpc) is 2.93. The van der Waals surface area contributed by atoms with Gasteiger partial charge in [-0.25, -0.2) is 9.97 Å². The number of H-pyrrole nitrogens is 1. The van der Waals surface area contributed by atoms with Crippen LogP contribution in [0.15, 0.2) is 24.5 Å². The van der Waals surface area contributed by atoms with Gasteiger partial charge in [0.05, 0.1) is 7.11 Å². The number of piperidine rings is 1. The number of methoxy groups -OCH3 is 1. The van der Waals surface area contributed by atoms with E-state index in [1.54, 1.807) is 13.4 Å². The van der Waals surface area contributed by atoms with Gasteiger partial charge in [0, 0.05) is 24.0 Å². The molecule has 1 saturated heterocycles. The molecule has 3 heterocycles. The first-order valence-corrected chi connectivity index (χ1v) is 7.42. The first-order chi connectivity index (χ1) is 10.4. The molecule has 1 N–H and O–H groups in total. The van der Waals surface area contributed by atoms with Crippen molar-refractivity contribution in [2.75, 3.05) is 25.1 Å². The van der Waals surface area contributed by atoms with Gasteiger partial charge in [-0.2, -0.15) is 0 Å². The summed E-state index contributed by atoms with van der Waals surface area (Å²) in [5, 5.41) is 1.09. The number of benzene rings is 1. The lowest BCUT2D eigenvalue weighted by Crippen LogP contribution is -2.30. The molecule has 21 heavy (non-hydrogen) atoms. The summed E-state index contributed by atoms with van der Waals surface area (Å²) in [5.74, 6) is 1.87. The maximum atomic E-state index is 5.32. The van der Waals surface area contributed by atoms with E-state index in [1.807, 2.05) is 18.2 Å². The van der Waals surface area contributed by atoms with Crippen LogP contribution < -0.4 is 9.64 Å². The van der Waals surface area contributed by atoms with E-state index in [9.17, 15) is 0 Å². The van der Waals surface area contributed by atoms with Crippen LogP contribution in [-0.2, 0) is 0 Å². The van der Waals surface area contributed by atoms with Crippen molar-refractivity contribution in [3.63, 3.8) is 0 Å². The summed E-state index contributed by atoms with van der Waals surface area (Å²) in [6.45, 7) is 2.15. The topological polar surface area (TPSA) is 54.0 Å². The predicted octanol–water partition coefficient (Wildman–Crippen LogP) is 3.11. The quantitative estimate of drug-likeness (QED) is 0.784. The maximum absolute atomic E-state index is 5.32. The van der Waals surface area contributed by atoms with Gasteiger partial charge in [-0.15, -0.1) is 0 Å². The summed E-state index contributed by atoms with van der Waals surface area (Å²) in [5.41, 5.74) is 3.08. The molecule has 4 rings (SSSR count). The molecule has 0 spiro atoms. The molecule has 5 heteroatoms. The molecule has 1 aliphatic heterocycles. The molecular formula is C16H18N4O. The van der Waals surface area contributed by atoms with Gasteiger partial charge in [0.1, 0.15) is 23.1 Å². The van der Waals surface area contributed by atoms with E-state index in [0.29, 0.717) is 0 Å². The van der Waals surface area contributed by atoms with Crippen molar-refractivity contribution >= 4 is 27.8 Å².